The Labute approximate surface area is 141 Å². The number of nitrogens with zero attached hydrogens (tertiary/aromatic N) is 4. The van der Waals surface area contributed by atoms with Crippen LogP contribution in [0, 0.1) is 0 Å². The van der Waals surface area contributed by atoms with Gasteiger partial charge in [0.25, 0.3) is 0 Å². The van der Waals surface area contributed by atoms with Gasteiger partial charge >= 0.3 is 0 Å². The molecule has 1 heterocycles. The van der Waals surface area contributed by atoms with Crippen molar-refractivity contribution in [1.29, 1.82) is 0 Å². The summed E-state index contributed by atoms with van der Waals surface area (Å²) >= 11 is 0. The molecule has 0 unspecified atom stereocenters. The normalized spacial score (nSPS) is 11.4. The van der Waals surface area contributed by atoms with Crippen molar-refractivity contribution in [3.8, 4) is 11.5 Å². The maximum Gasteiger partial charge on any atom is 0.188 e. The van der Waals surface area contributed by atoms with Crippen LogP contribution in [-0.4, -0.2) is 41.5 Å². The van der Waals surface area contributed by atoms with Gasteiger partial charge in [0.15, 0.2) is 17.5 Å². The van der Waals surface area contributed by atoms with Gasteiger partial charge in [-0.05, 0) is 17.7 Å². The first-order valence-electron chi connectivity index (χ1n) is 7.79. The van der Waals surface area contributed by atoms with Crippen LogP contribution in [0.1, 0.15) is 18.3 Å². The number of aliphatic imine (C=N–C) groups is 1. The molecule has 1 aromatic heterocycles. The van der Waals surface area contributed by atoms with Crippen LogP contribution in [0.25, 0.3) is 0 Å². The van der Waals surface area contributed by atoms with Gasteiger partial charge in [-0.15, -0.1) is 10.2 Å². The number of nitrogens with one attached hydrogen (secondary N) is 1. The maximum absolute atomic E-state index is 5.90. The Morgan fingerprint density at radius 2 is 2.08 bits per heavy atom. The highest BCUT2D eigenvalue weighted by atomic mass is 16.5. The van der Waals surface area contributed by atoms with Crippen LogP contribution in [0.15, 0.2) is 29.5 Å². The smallest absolute Gasteiger partial charge is 0.188 e. The number of methoxy groups -OCH3 is 2. The van der Waals surface area contributed by atoms with E-state index in [0.29, 0.717) is 30.5 Å². The summed E-state index contributed by atoms with van der Waals surface area (Å²) in [6.07, 6.45) is 2.57. The standard InChI is InChI=1S/C16H24N6O2/c1-4-15-21-20-11-22(15)8-7-18-16(17)19-10-12-5-6-13(23-2)14(9-12)24-3/h5-6,9,11H,4,7-8,10H2,1-3H3,(H3,17,18,19). The van der Waals surface area contributed by atoms with Crippen LogP contribution in [0.2, 0.25) is 0 Å². The molecule has 0 fully saturated rings. The van der Waals surface area contributed by atoms with Crippen molar-refractivity contribution in [3.63, 3.8) is 0 Å². The van der Waals surface area contributed by atoms with Crippen molar-refractivity contribution >= 4 is 5.96 Å². The maximum atomic E-state index is 5.90. The Bertz CT molecular complexity index is 683. The second-order valence-electron chi connectivity index (χ2n) is 5.11. The summed E-state index contributed by atoms with van der Waals surface area (Å²) in [6, 6.07) is 5.68. The molecule has 0 aliphatic heterocycles. The second kappa shape index (κ2) is 8.76. The third-order valence-electron chi connectivity index (χ3n) is 3.55. The molecule has 3 N–H and O–H groups in total. The molecular formula is C16H24N6O2. The minimum absolute atomic E-state index is 0.399. The molecule has 130 valence electrons. The van der Waals surface area contributed by atoms with E-state index in [-0.39, 0.29) is 0 Å². The lowest BCUT2D eigenvalue weighted by Crippen LogP contribution is -2.34. The van der Waals surface area contributed by atoms with Crippen LogP contribution in [0.5, 0.6) is 11.5 Å². The van der Waals surface area contributed by atoms with E-state index < -0.39 is 0 Å². The largest absolute Gasteiger partial charge is 0.493 e. The summed E-state index contributed by atoms with van der Waals surface area (Å²) in [5.41, 5.74) is 6.89. The van der Waals surface area contributed by atoms with E-state index >= 15 is 0 Å². The summed E-state index contributed by atoms with van der Waals surface area (Å²) in [6.45, 7) is 3.91. The second-order valence-corrected chi connectivity index (χ2v) is 5.11. The van der Waals surface area contributed by atoms with Crippen molar-refractivity contribution < 1.29 is 9.47 Å². The van der Waals surface area contributed by atoms with Gasteiger partial charge in [-0.25, -0.2) is 4.99 Å². The number of benzene rings is 1. The average Bonchev–Trinajstić information content (AvgIpc) is 3.07. The predicted molar refractivity (Wildman–Crippen MR) is 92.3 cm³/mol. The van der Waals surface area contributed by atoms with Gasteiger partial charge in [0.2, 0.25) is 0 Å². The van der Waals surface area contributed by atoms with Gasteiger partial charge in [0.1, 0.15) is 12.2 Å². The van der Waals surface area contributed by atoms with E-state index in [9.17, 15) is 0 Å². The fourth-order valence-electron chi connectivity index (χ4n) is 2.26. The minimum atomic E-state index is 0.399. The highest BCUT2D eigenvalue weighted by molar-refractivity contribution is 5.77. The third kappa shape index (κ3) is 4.61. The van der Waals surface area contributed by atoms with Crippen molar-refractivity contribution in [3.05, 3.63) is 35.9 Å². The van der Waals surface area contributed by atoms with Crippen molar-refractivity contribution in [2.75, 3.05) is 20.8 Å². The Morgan fingerprint density at radius 1 is 1.29 bits per heavy atom. The van der Waals surface area contributed by atoms with Gasteiger partial charge < -0.3 is 25.1 Å². The lowest BCUT2D eigenvalue weighted by atomic mass is 10.2. The molecule has 8 nitrogen and oxygen atoms in total. The van der Waals surface area contributed by atoms with E-state index in [1.54, 1.807) is 20.5 Å². The summed E-state index contributed by atoms with van der Waals surface area (Å²) in [5.74, 6) is 2.72. The molecule has 0 aliphatic rings. The topological polar surface area (TPSA) is 99.6 Å². The molecule has 0 aliphatic carbocycles. The molecule has 24 heavy (non-hydrogen) atoms. The van der Waals surface area contributed by atoms with Gasteiger partial charge in [-0.2, -0.15) is 0 Å². The summed E-state index contributed by atoms with van der Waals surface area (Å²) in [7, 11) is 3.22. The lowest BCUT2D eigenvalue weighted by molar-refractivity contribution is 0.354. The molecule has 2 rings (SSSR count). The molecule has 0 bridgehead atoms. The van der Waals surface area contributed by atoms with Gasteiger partial charge in [-0.3, -0.25) is 0 Å². The van der Waals surface area contributed by atoms with Crippen molar-refractivity contribution in [1.82, 2.24) is 20.1 Å². The minimum Gasteiger partial charge on any atom is -0.493 e. The Kier molecular flexibility index (Phi) is 6.41. The monoisotopic (exact) mass is 332 g/mol. The van der Waals surface area contributed by atoms with Gasteiger partial charge in [0.05, 0.1) is 20.8 Å². The number of aromatic nitrogens is 3. The molecule has 2 aromatic rings. The van der Waals surface area contributed by atoms with Crippen LogP contribution in [0.4, 0.5) is 0 Å². The Hall–Kier alpha value is -2.77. The zero-order valence-corrected chi connectivity index (χ0v) is 14.3. The first kappa shape index (κ1) is 17.6. The number of rotatable bonds is 8. The van der Waals surface area contributed by atoms with Crippen molar-refractivity contribution in [2.24, 2.45) is 10.7 Å². The predicted octanol–water partition coefficient (Wildman–Crippen LogP) is 0.962. The molecule has 0 radical (unpaired) electrons. The molecule has 1 aromatic carbocycles. The van der Waals surface area contributed by atoms with E-state index in [4.69, 9.17) is 15.2 Å². The fraction of sp³-hybridized carbons (Fsp3) is 0.438. The highest BCUT2D eigenvalue weighted by Crippen LogP contribution is 2.27. The van der Waals surface area contributed by atoms with Crippen LogP contribution in [-0.2, 0) is 19.5 Å². The summed E-state index contributed by atoms with van der Waals surface area (Å²) in [5, 5.41) is 11.0. The molecule has 0 saturated heterocycles. The first-order chi connectivity index (χ1) is 11.7. The van der Waals surface area contributed by atoms with Crippen LogP contribution < -0.4 is 20.5 Å². The number of hydrogen-bond donors (Lipinski definition) is 2. The molecule has 0 atom stereocenters. The summed E-state index contributed by atoms with van der Waals surface area (Å²) < 4.78 is 12.5. The number of nitrogens with two attached hydrogens (primary N) is 1. The summed E-state index contributed by atoms with van der Waals surface area (Å²) in [4.78, 5) is 4.33. The zero-order valence-electron chi connectivity index (χ0n) is 14.3. The SMILES string of the molecule is CCc1nncn1CCNC(N)=NCc1ccc(OC)c(OC)c1. The van der Waals surface area contributed by atoms with Crippen LogP contribution in [0.3, 0.4) is 0 Å². The Morgan fingerprint density at radius 3 is 2.79 bits per heavy atom. The molecule has 0 saturated carbocycles. The van der Waals surface area contributed by atoms with Gasteiger partial charge in [-0.1, -0.05) is 13.0 Å². The number of hydrogen-bond acceptors (Lipinski definition) is 5. The highest BCUT2D eigenvalue weighted by Gasteiger charge is 2.04. The van der Waals surface area contributed by atoms with E-state index in [1.807, 2.05) is 29.7 Å². The number of guanidine groups is 1. The van der Waals surface area contributed by atoms with E-state index in [1.165, 1.54) is 0 Å². The first-order valence-corrected chi connectivity index (χ1v) is 7.79. The van der Waals surface area contributed by atoms with Crippen molar-refractivity contribution in [2.45, 2.75) is 26.4 Å². The molecule has 8 heteroatoms. The Balaban J connectivity index is 1.85. The van der Waals surface area contributed by atoms with E-state index in [0.717, 1.165) is 24.4 Å². The molecular weight excluding hydrogens is 308 g/mol. The third-order valence-corrected chi connectivity index (χ3v) is 3.55. The zero-order chi connectivity index (χ0) is 17.4. The fourth-order valence-corrected chi connectivity index (χ4v) is 2.26. The molecule has 0 amide bonds. The van der Waals surface area contributed by atoms with Crippen LogP contribution >= 0.6 is 0 Å². The molecule has 0 spiro atoms. The quantitative estimate of drug-likeness (QED) is 0.552. The number of ether oxygens (including phenoxy) is 2. The number of aryl methyl sites for hydroxylation is 1. The average molecular weight is 332 g/mol. The van der Waals surface area contributed by atoms with E-state index in [2.05, 4.69) is 20.5 Å². The van der Waals surface area contributed by atoms with Gasteiger partial charge in [0, 0.05) is 19.5 Å². The lowest BCUT2D eigenvalue weighted by Gasteiger charge is -2.09.